The summed E-state index contributed by atoms with van der Waals surface area (Å²) < 4.78 is 21.2. The van der Waals surface area contributed by atoms with Gasteiger partial charge in [0.05, 0.1) is 59.2 Å². The normalized spacial score (nSPS) is 10.7. The third-order valence-corrected chi connectivity index (χ3v) is 3.51. The van der Waals surface area contributed by atoms with E-state index in [1.165, 1.54) is 6.92 Å². The summed E-state index contributed by atoms with van der Waals surface area (Å²) >= 11 is 0. The lowest BCUT2D eigenvalue weighted by molar-refractivity contribution is -0.138. The highest BCUT2D eigenvalue weighted by Gasteiger charge is 2.07. The van der Waals surface area contributed by atoms with Crippen LogP contribution in [0.3, 0.4) is 0 Å². The highest BCUT2D eigenvalue weighted by Crippen LogP contribution is 1.94. The molecule has 10 nitrogen and oxygen atoms in total. The molecule has 0 aliphatic heterocycles. The van der Waals surface area contributed by atoms with Crippen LogP contribution in [-0.2, 0) is 38.1 Å². The van der Waals surface area contributed by atoms with Gasteiger partial charge in [0.25, 0.3) is 0 Å². The molecular formula is C19H33NO9. The number of carbonyl (C=O) groups excluding carboxylic acids is 3. The van der Waals surface area contributed by atoms with Crippen LogP contribution in [0.15, 0.2) is 0 Å². The first-order chi connectivity index (χ1) is 13.9. The molecule has 0 radical (unpaired) electrons. The standard InChI is InChI=1S/C19H33NO9/c1-16(21)6-8-27-10-12-29-14-13-28-11-9-26-7-2-3-17(22)15-20-18(23)4-5-19(24)25/h2-15H2,1H3,(H,20,23)(H,24,25). The Labute approximate surface area is 171 Å². The van der Waals surface area contributed by atoms with Gasteiger partial charge in [0.1, 0.15) is 5.78 Å². The molecule has 2 N–H and O–H groups in total. The molecule has 168 valence electrons. The van der Waals surface area contributed by atoms with Crippen molar-refractivity contribution in [3.8, 4) is 0 Å². The maximum Gasteiger partial charge on any atom is 0.303 e. The molecule has 0 aromatic carbocycles. The third-order valence-electron chi connectivity index (χ3n) is 3.51. The Morgan fingerprint density at radius 3 is 1.72 bits per heavy atom. The van der Waals surface area contributed by atoms with E-state index < -0.39 is 11.9 Å². The molecule has 0 rings (SSSR count). The molecule has 0 aromatic rings. The zero-order valence-corrected chi connectivity index (χ0v) is 17.1. The van der Waals surface area contributed by atoms with Gasteiger partial charge in [-0.25, -0.2) is 0 Å². The molecular weight excluding hydrogens is 386 g/mol. The lowest BCUT2D eigenvalue weighted by Gasteiger charge is -2.07. The molecule has 0 heterocycles. The highest BCUT2D eigenvalue weighted by atomic mass is 16.6. The van der Waals surface area contributed by atoms with E-state index in [9.17, 15) is 19.2 Å². The lowest BCUT2D eigenvalue weighted by Crippen LogP contribution is -2.29. The van der Waals surface area contributed by atoms with Crippen molar-refractivity contribution in [2.45, 2.75) is 39.0 Å². The molecule has 29 heavy (non-hydrogen) atoms. The average Bonchev–Trinajstić information content (AvgIpc) is 2.67. The van der Waals surface area contributed by atoms with E-state index in [-0.39, 0.29) is 37.4 Å². The Kier molecular flexibility index (Phi) is 18.2. The summed E-state index contributed by atoms with van der Waals surface area (Å²) in [6, 6.07) is 0. The van der Waals surface area contributed by atoms with Gasteiger partial charge in [-0.15, -0.1) is 0 Å². The number of hydrogen-bond donors (Lipinski definition) is 2. The average molecular weight is 419 g/mol. The minimum atomic E-state index is -1.05. The summed E-state index contributed by atoms with van der Waals surface area (Å²) in [5, 5.41) is 10.9. The third kappa shape index (κ3) is 22.3. The molecule has 0 unspecified atom stereocenters. The molecule has 1 amide bonds. The Morgan fingerprint density at radius 1 is 0.690 bits per heavy atom. The van der Waals surface area contributed by atoms with Gasteiger partial charge >= 0.3 is 5.97 Å². The van der Waals surface area contributed by atoms with Gasteiger partial charge in [0, 0.05) is 25.9 Å². The zero-order valence-electron chi connectivity index (χ0n) is 17.1. The fourth-order valence-corrected chi connectivity index (χ4v) is 1.94. The van der Waals surface area contributed by atoms with Crippen LogP contribution in [0.25, 0.3) is 0 Å². The monoisotopic (exact) mass is 419 g/mol. The Bertz CT molecular complexity index is 482. The van der Waals surface area contributed by atoms with Crippen LogP contribution < -0.4 is 5.32 Å². The van der Waals surface area contributed by atoms with Crippen molar-refractivity contribution < 1.29 is 43.2 Å². The fraction of sp³-hybridized carbons (Fsp3) is 0.789. The van der Waals surface area contributed by atoms with Crippen molar-refractivity contribution >= 4 is 23.4 Å². The number of nitrogens with one attached hydrogen (secondary N) is 1. The second-order valence-electron chi connectivity index (χ2n) is 6.21. The molecule has 0 saturated heterocycles. The topological polar surface area (TPSA) is 137 Å². The van der Waals surface area contributed by atoms with Crippen LogP contribution in [0, 0.1) is 0 Å². The molecule has 0 bridgehead atoms. The van der Waals surface area contributed by atoms with Gasteiger partial charge < -0.3 is 29.4 Å². The predicted molar refractivity (Wildman–Crippen MR) is 103 cm³/mol. The number of Topliss-reactive ketones (excluding diaryl/α,β-unsaturated/α-hetero) is 2. The molecule has 0 atom stereocenters. The van der Waals surface area contributed by atoms with E-state index in [0.29, 0.717) is 65.7 Å². The minimum absolute atomic E-state index is 0.0939. The second kappa shape index (κ2) is 19.4. The van der Waals surface area contributed by atoms with Crippen LogP contribution >= 0.6 is 0 Å². The summed E-state index contributed by atoms with van der Waals surface area (Å²) in [6.07, 6.45) is 0.853. The Morgan fingerprint density at radius 2 is 1.21 bits per heavy atom. The lowest BCUT2D eigenvalue weighted by atomic mass is 10.2. The van der Waals surface area contributed by atoms with Gasteiger partial charge in [-0.3, -0.25) is 19.2 Å². The van der Waals surface area contributed by atoms with E-state index in [1.807, 2.05) is 0 Å². The van der Waals surface area contributed by atoms with Crippen LogP contribution in [0.1, 0.15) is 39.0 Å². The predicted octanol–water partition coefficient (Wildman–Crippen LogP) is 0.362. The van der Waals surface area contributed by atoms with Crippen molar-refractivity contribution in [1.82, 2.24) is 5.32 Å². The molecule has 0 aliphatic carbocycles. The minimum Gasteiger partial charge on any atom is -0.481 e. The Balaban J connectivity index is 3.26. The van der Waals surface area contributed by atoms with E-state index in [2.05, 4.69) is 5.32 Å². The molecule has 0 aliphatic rings. The molecule has 0 fully saturated rings. The smallest absolute Gasteiger partial charge is 0.303 e. The van der Waals surface area contributed by atoms with Crippen LogP contribution in [0.5, 0.6) is 0 Å². The number of aliphatic carboxylic acids is 1. The van der Waals surface area contributed by atoms with Crippen LogP contribution in [0.4, 0.5) is 0 Å². The van der Waals surface area contributed by atoms with Gasteiger partial charge in [0.2, 0.25) is 5.91 Å². The maximum atomic E-state index is 11.6. The number of hydrogen-bond acceptors (Lipinski definition) is 8. The highest BCUT2D eigenvalue weighted by molar-refractivity contribution is 5.87. The number of rotatable bonds is 21. The number of ketones is 2. The number of ether oxygens (including phenoxy) is 4. The summed E-state index contributed by atoms with van der Waals surface area (Å²) in [6.45, 7) is 4.88. The van der Waals surface area contributed by atoms with Gasteiger partial charge in [-0.2, -0.15) is 0 Å². The first-order valence-corrected chi connectivity index (χ1v) is 9.72. The summed E-state index contributed by atoms with van der Waals surface area (Å²) in [7, 11) is 0. The molecule has 10 heteroatoms. The van der Waals surface area contributed by atoms with E-state index in [0.717, 1.165) is 0 Å². The first kappa shape index (κ1) is 27.1. The van der Waals surface area contributed by atoms with Crippen molar-refractivity contribution in [2.75, 3.05) is 59.4 Å². The van der Waals surface area contributed by atoms with Crippen molar-refractivity contribution in [2.24, 2.45) is 0 Å². The van der Waals surface area contributed by atoms with Crippen LogP contribution in [-0.4, -0.2) is 87.9 Å². The fourth-order valence-electron chi connectivity index (χ4n) is 1.94. The largest absolute Gasteiger partial charge is 0.481 e. The van der Waals surface area contributed by atoms with Gasteiger partial charge in [-0.05, 0) is 13.3 Å². The van der Waals surface area contributed by atoms with Gasteiger partial charge in [-0.1, -0.05) is 0 Å². The van der Waals surface area contributed by atoms with Crippen LogP contribution in [0.2, 0.25) is 0 Å². The SMILES string of the molecule is CC(=O)CCOCCOCCOCCOCCCC(=O)CNC(=O)CCC(=O)O. The molecule has 0 spiro atoms. The summed E-state index contributed by atoms with van der Waals surface area (Å²) in [4.78, 5) is 43.9. The molecule has 0 saturated carbocycles. The van der Waals surface area contributed by atoms with Gasteiger partial charge in [0.15, 0.2) is 5.78 Å². The van der Waals surface area contributed by atoms with Crippen molar-refractivity contribution in [3.05, 3.63) is 0 Å². The zero-order chi connectivity index (χ0) is 21.7. The number of carbonyl (C=O) groups is 4. The quantitative estimate of drug-likeness (QED) is 0.253. The summed E-state index contributed by atoms with van der Waals surface area (Å²) in [5.74, 6) is -1.52. The number of amides is 1. The number of carboxylic acid groups (broad SMARTS) is 1. The van der Waals surface area contributed by atoms with E-state index in [1.54, 1.807) is 0 Å². The maximum absolute atomic E-state index is 11.6. The number of carboxylic acids is 1. The van der Waals surface area contributed by atoms with Crippen molar-refractivity contribution in [3.63, 3.8) is 0 Å². The van der Waals surface area contributed by atoms with E-state index in [4.69, 9.17) is 24.1 Å². The Hall–Kier alpha value is -1.88. The summed E-state index contributed by atoms with van der Waals surface area (Å²) in [5.41, 5.74) is 0. The second-order valence-corrected chi connectivity index (χ2v) is 6.21. The first-order valence-electron chi connectivity index (χ1n) is 9.72. The molecule has 0 aromatic heterocycles. The van der Waals surface area contributed by atoms with E-state index >= 15 is 0 Å². The van der Waals surface area contributed by atoms with Crippen molar-refractivity contribution in [1.29, 1.82) is 0 Å².